The van der Waals surface area contributed by atoms with Crippen LogP contribution in [0.3, 0.4) is 0 Å². The van der Waals surface area contributed by atoms with Crippen LogP contribution in [0.5, 0.6) is 11.5 Å². The highest BCUT2D eigenvalue weighted by atomic mass is 79.9. The van der Waals surface area contributed by atoms with E-state index >= 15 is 0 Å². The fraction of sp³-hybridized carbons (Fsp3) is 0.250. The maximum absolute atomic E-state index is 6.08. The van der Waals surface area contributed by atoms with Crippen molar-refractivity contribution in [3.8, 4) is 11.5 Å². The molecule has 4 heteroatoms. The van der Waals surface area contributed by atoms with Crippen molar-refractivity contribution in [1.29, 1.82) is 0 Å². The topological polar surface area (TPSA) is 35.2 Å². The van der Waals surface area contributed by atoms with Crippen molar-refractivity contribution in [3.63, 3.8) is 0 Å². The molecule has 0 fully saturated rings. The van der Waals surface area contributed by atoms with Crippen LogP contribution in [0, 0.1) is 6.92 Å². The van der Waals surface area contributed by atoms with Crippen LogP contribution in [-0.4, -0.2) is 5.75 Å². The lowest BCUT2D eigenvalue weighted by atomic mass is 10.2. The standard InChI is InChI=1S/C16H18BrNOS/c1-3-20-16-6-4-5-14(13(16)10-18)19-15-9-12(17)8-7-11(15)2/h4-9H,3,10,18H2,1-2H3. The van der Waals surface area contributed by atoms with Crippen LogP contribution in [0.25, 0.3) is 0 Å². The molecular formula is C16H18BrNOS. The Balaban J connectivity index is 2.37. The van der Waals surface area contributed by atoms with Gasteiger partial charge in [0.15, 0.2) is 0 Å². The molecule has 106 valence electrons. The number of aryl methyl sites for hydroxylation is 1. The van der Waals surface area contributed by atoms with Gasteiger partial charge in [-0.3, -0.25) is 0 Å². The van der Waals surface area contributed by atoms with Gasteiger partial charge in [0.25, 0.3) is 0 Å². The summed E-state index contributed by atoms with van der Waals surface area (Å²) in [5.41, 5.74) is 8.07. The highest BCUT2D eigenvalue weighted by Gasteiger charge is 2.10. The van der Waals surface area contributed by atoms with Gasteiger partial charge in [-0.15, -0.1) is 11.8 Å². The second-order valence-electron chi connectivity index (χ2n) is 4.38. The van der Waals surface area contributed by atoms with E-state index in [2.05, 4.69) is 28.9 Å². The largest absolute Gasteiger partial charge is 0.457 e. The van der Waals surface area contributed by atoms with Gasteiger partial charge in [0.05, 0.1) is 0 Å². The van der Waals surface area contributed by atoms with E-state index < -0.39 is 0 Å². The Bertz CT molecular complexity index is 601. The van der Waals surface area contributed by atoms with Gasteiger partial charge >= 0.3 is 0 Å². The predicted molar refractivity (Wildman–Crippen MR) is 89.7 cm³/mol. The van der Waals surface area contributed by atoms with E-state index in [0.717, 1.165) is 32.9 Å². The summed E-state index contributed by atoms with van der Waals surface area (Å²) in [6, 6.07) is 12.1. The molecule has 0 spiro atoms. The van der Waals surface area contributed by atoms with Gasteiger partial charge in [0.1, 0.15) is 11.5 Å². The minimum absolute atomic E-state index is 0.478. The Morgan fingerprint density at radius 1 is 1.20 bits per heavy atom. The molecule has 2 aromatic carbocycles. The summed E-state index contributed by atoms with van der Waals surface area (Å²) in [7, 11) is 0. The lowest BCUT2D eigenvalue weighted by Gasteiger charge is -2.15. The van der Waals surface area contributed by atoms with E-state index in [0.29, 0.717) is 6.54 Å². The van der Waals surface area contributed by atoms with E-state index in [1.165, 1.54) is 4.90 Å². The minimum atomic E-state index is 0.478. The molecule has 0 aliphatic rings. The molecule has 0 aliphatic carbocycles. The van der Waals surface area contributed by atoms with E-state index in [1.807, 2.05) is 37.3 Å². The normalized spacial score (nSPS) is 10.6. The highest BCUT2D eigenvalue weighted by molar-refractivity contribution is 9.10. The Kier molecular flexibility index (Phi) is 5.52. The van der Waals surface area contributed by atoms with Crippen LogP contribution in [0.15, 0.2) is 45.8 Å². The van der Waals surface area contributed by atoms with Crippen molar-refractivity contribution in [2.75, 3.05) is 5.75 Å². The number of ether oxygens (including phenoxy) is 1. The first kappa shape index (κ1) is 15.4. The van der Waals surface area contributed by atoms with Crippen molar-refractivity contribution in [2.45, 2.75) is 25.3 Å². The van der Waals surface area contributed by atoms with Gasteiger partial charge in [-0.25, -0.2) is 0 Å². The van der Waals surface area contributed by atoms with Gasteiger partial charge in [-0.05, 0) is 42.5 Å². The molecule has 0 bridgehead atoms. The molecule has 0 unspecified atom stereocenters. The van der Waals surface area contributed by atoms with Crippen molar-refractivity contribution in [3.05, 3.63) is 52.0 Å². The molecule has 0 heterocycles. The molecule has 0 saturated carbocycles. The highest BCUT2D eigenvalue weighted by Crippen LogP contribution is 2.34. The third-order valence-corrected chi connectivity index (χ3v) is 4.44. The first-order valence-corrected chi connectivity index (χ1v) is 8.32. The molecule has 0 atom stereocenters. The van der Waals surface area contributed by atoms with Crippen LogP contribution in [0.1, 0.15) is 18.1 Å². The summed E-state index contributed by atoms with van der Waals surface area (Å²) in [6.07, 6.45) is 0. The Labute approximate surface area is 132 Å². The zero-order chi connectivity index (χ0) is 14.5. The number of hydrogen-bond donors (Lipinski definition) is 1. The summed E-state index contributed by atoms with van der Waals surface area (Å²) >= 11 is 5.27. The zero-order valence-corrected chi connectivity index (χ0v) is 14.1. The van der Waals surface area contributed by atoms with Crippen molar-refractivity contribution >= 4 is 27.7 Å². The lowest BCUT2D eigenvalue weighted by molar-refractivity contribution is 0.470. The van der Waals surface area contributed by atoms with Crippen LogP contribution in [0.2, 0.25) is 0 Å². The Morgan fingerprint density at radius 2 is 2.00 bits per heavy atom. The maximum atomic E-state index is 6.08. The maximum Gasteiger partial charge on any atom is 0.133 e. The quantitative estimate of drug-likeness (QED) is 0.759. The lowest BCUT2D eigenvalue weighted by Crippen LogP contribution is -2.02. The average molecular weight is 352 g/mol. The van der Waals surface area contributed by atoms with Gasteiger partial charge in [0.2, 0.25) is 0 Å². The van der Waals surface area contributed by atoms with Crippen molar-refractivity contribution < 1.29 is 4.74 Å². The molecule has 2 rings (SSSR count). The van der Waals surface area contributed by atoms with E-state index in [-0.39, 0.29) is 0 Å². The molecule has 20 heavy (non-hydrogen) atoms. The second-order valence-corrected chi connectivity index (χ2v) is 6.60. The monoisotopic (exact) mass is 351 g/mol. The predicted octanol–water partition coefficient (Wildman–Crippen LogP) is 5.12. The van der Waals surface area contributed by atoms with Gasteiger partial charge in [-0.2, -0.15) is 0 Å². The van der Waals surface area contributed by atoms with Crippen LogP contribution < -0.4 is 10.5 Å². The zero-order valence-electron chi connectivity index (χ0n) is 11.7. The third kappa shape index (κ3) is 3.57. The van der Waals surface area contributed by atoms with Crippen LogP contribution in [0.4, 0.5) is 0 Å². The fourth-order valence-electron chi connectivity index (χ4n) is 1.94. The average Bonchev–Trinajstić information content (AvgIpc) is 2.43. The molecular weight excluding hydrogens is 334 g/mol. The summed E-state index contributed by atoms with van der Waals surface area (Å²) in [6.45, 7) is 4.65. The number of thioether (sulfide) groups is 1. The number of halogens is 1. The second kappa shape index (κ2) is 7.16. The number of hydrogen-bond acceptors (Lipinski definition) is 3. The van der Waals surface area contributed by atoms with Crippen LogP contribution in [-0.2, 0) is 6.54 Å². The smallest absolute Gasteiger partial charge is 0.133 e. The Morgan fingerprint density at radius 3 is 2.70 bits per heavy atom. The van der Waals surface area contributed by atoms with E-state index in [9.17, 15) is 0 Å². The van der Waals surface area contributed by atoms with E-state index in [4.69, 9.17) is 10.5 Å². The summed E-state index contributed by atoms with van der Waals surface area (Å²) in [5, 5.41) is 0. The van der Waals surface area contributed by atoms with Crippen molar-refractivity contribution in [1.82, 2.24) is 0 Å². The van der Waals surface area contributed by atoms with Crippen molar-refractivity contribution in [2.24, 2.45) is 5.73 Å². The number of nitrogens with two attached hydrogens (primary N) is 1. The summed E-state index contributed by atoms with van der Waals surface area (Å²) in [4.78, 5) is 1.19. The Hall–Kier alpha value is -0.970. The van der Waals surface area contributed by atoms with Gasteiger partial charge in [0, 0.05) is 21.5 Å². The van der Waals surface area contributed by atoms with Gasteiger partial charge < -0.3 is 10.5 Å². The van der Waals surface area contributed by atoms with E-state index in [1.54, 1.807) is 11.8 Å². The molecule has 0 aliphatic heterocycles. The molecule has 2 nitrogen and oxygen atoms in total. The third-order valence-electron chi connectivity index (χ3n) is 2.96. The fourth-order valence-corrected chi connectivity index (χ4v) is 3.12. The number of benzene rings is 2. The first-order chi connectivity index (χ1) is 9.65. The molecule has 0 saturated heterocycles. The summed E-state index contributed by atoms with van der Waals surface area (Å²) in [5.74, 6) is 2.71. The first-order valence-electron chi connectivity index (χ1n) is 6.54. The molecule has 2 aromatic rings. The van der Waals surface area contributed by atoms with Gasteiger partial charge in [-0.1, -0.05) is 35.0 Å². The minimum Gasteiger partial charge on any atom is -0.457 e. The molecule has 0 aromatic heterocycles. The van der Waals surface area contributed by atoms with Crippen LogP contribution >= 0.6 is 27.7 Å². The summed E-state index contributed by atoms with van der Waals surface area (Å²) < 4.78 is 7.08. The molecule has 2 N–H and O–H groups in total. The molecule has 0 amide bonds. The number of rotatable bonds is 5. The SMILES string of the molecule is CCSc1cccc(Oc2cc(Br)ccc2C)c1CN. The molecule has 0 radical (unpaired) electrons.